The predicted molar refractivity (Wildman–Crippen MR) is 133 cm³/mol. The maximum absolute atomic E-state index is 13.9. The molecule has 1 unspecified atom stereocenters. The summed E-state index contributed by atoms with van der Waals surface area (Å²) in [6.45, 7) is 1.07. The van der Waals surface area contributed by atoms with E-state index in [1.807, 2.05) is 36.5 Å². The Kier molecular flexibility index (Phi) is 6.39. The van der Waals surface area contributed by atoms with Gasteiger partial charge in [0.1, 0.15) is 6.04 Å². The van der Waals surface area contributed by atoms with E-state index in [1.165, 1.54) is 27.8 Å². The van der Waals surface area contributed by atoms with Crippen molar-refractivity contribution < 1.29 is 13.2 Å². The third kappa shape index (κ3) is 4.46. The summed E-state index contributed by atoms with van der Waals surface area (Å²) < 4.78 is 30.8. The van der Waals surface area contributed by atoms with Gasteiger partial charge in [-0.15, -0.1) is 0 Å². The molecular weight excluding hydrogens is 494 g/mol. The summed E-state index contributed by atoms with van der Waals surface area (Å²) in [4.78, 5) is 20.3. The zero-order valence-electron chi connectivity index (χ0n) is 18.1. The minimum atomic E-state index is -3.86. The lowest BCUT2D eigenvalue weighted by Gasteiger charge is -2.28. The van der Waals surface area contributed by atoms with Crippen LogP contribution in [0, 0.1) is 0 Å². The summed E-state index contributed by atoms with van der Waals surface area (Å²) in [5, 5.41) is 5.23. The number of benzene rings is 2. The second-order valence-corrected chi connectivity index (χ2v) is 11.3. The van der Waals surface area contributed by atoms with Crippen molar-refractivity contribution in [3.8, 4) is 0 Å². The van der Waals surface area contributed by atoms with E-state index >= 15 is 0 Å². The molecule has 3 heterocycles. The van der Waals surface area contributed by atoms with Crippen LogP contribution in [0.1, 0.15) is 12.8 Å². The van der Waals surface area contributed by atoms with Crippen LogP contribution in [0.4, 0.5) is 5.13 Å². The van der Waals surface area contributed by atoms with Gasteiger partial charge in [-0.1, -0.05) is 35.1 Å². The largest absolute Gasteiger partial charge is 0.285 e. The van der Waals surface area contributed by atoms with Crippen LogP contribution in [0.2, 0.25) is 5.02 Å². The molecule has 1 aliphatic rings. The summed E-state index contributed by atoms with van der Waals surface area (Å²) in [6.07, 6.45) is 4.57. The Morgan fingerprint density at radius 2 is 1.94 bits per heavy atom. The van der Waals surface area contributed by atoms with E-state index in [2.05, 4.69) is 10.1 Å². The van der Waals surface area contributed by atoms with E-state index in [0.717, 1.165) is 10.2 Å². The number of anilines is 1. The molecule has 1 aliphatic heterocycles. The molecule has 0 saturated carbocycles. The smallest absolute Gasteiger partial charge is 0.247 e. The maximum Gasteiger partial charge on any atom is 0.247 e. The summed E-state index contributed by atoms with van der Waals surface area (Å²) >= 11 is 7.36. The van der Waals surface area contributed by atoms with Crippen LogP contribution < -0.4 is 4.90 Å². The minimum Gasteiger partial charge on any atom is -0.285 e. The summed E-state index contributed by atoms with van der Waals surface area (Å²) in [5.74, 6) is -0.277. The van der Waals surface area contributed by atoms with Gasteiger partial charge in [-0.3, -0.25) is 14.4 Å². The van der Waals surface area contributed by atoms with E-state index in [4.69, 9.17) is 11.6 Å². The fourth-order valence-corrected chi connectivity index (χ4v) is 6.88. The number of nitrogens with zero attached hydrogens (tertiary/aromatic N) is 5. The minimum absolute atomic E-state index is 0.125. The van der Waals surface area contributed by atoms with Crippen molar-refractivity contribution in [3.63, 3.8) is 0 Å². The Morgan fingerprint density at radius 1 is 1.15 bits per heavy atom. The molecule has 11 heteroatoms. The molecule has 0 bridgehead atoms. The van der Waals surface area contributed by atoms with Crippen LogP contribution >= 0.6 is 22.9 Å². The number of rotatable bonds is 7. The normalized spacial score (nSPS) is 16.8. The van der Waals surface area contributed by atoms with Gasteiger partial charge in [-0.25, -0.2) is 13.4 Å². The molecule has 0 spiro atoms. The van der Waals surface area contributed by atoms with Crippen LogP contribution in [0.25, 0.3) is 10.2 Å². The number of amides is 1. The Hall–Kier alpha value is -2.79. The molecule has 1 fully saturated rings. The van der Waals surface area contributed by atoms with Crippen molar-refractivity contribution in [2.24, 2.45) is 0 Å². The number of halogens is 1. The fraction of sp³-hybridized carbons (Fsp3) is 0.261. The molecule has 1 saturated heterocycles. The van der Waals surface area contributed by atoms with Gasteiger partial charge >= 0.3 is 0 Å². The second kappa shape index (κ2) is 9.46. The molecule has 8 nitrogen and oxygen atoms in total. The lowest BCUT2D eigenvalue weighted by Crippen LogP contribution is -2.48. The average Bonchev–Trinajstić information content (AvgIpc) is 3.59. The van der Waals surface area contributed by atoms with Gasteiger partial charge in [0.15, 0.2) is 5.13 Å². The van der Waals surface area contributed by atoms with Gasteiger partial charge in [-0.05, 0) is 55.3 Å². The Bertz CT molecular complexity index is 1370. The number of carbonyl (C=O) groups is 1. The predicted octanol–water partition coefficient (Wildman–Crippen LogP) is 4.03. The zero-order valence-corrected chi connectivity index (χ0v) is 20.5. The van der Waals surface area contributed by atoms with Crippen molar-refractivity contribution in [2.75, 3.05) is 18.0 Å². The number of hydrogen-bond donors (Lipinski definition) is 0. The monoisotopic (exact) mass is 515 g/mol. The molecular formula is C23H22ClN5O3S2. The molecule has 1 amide bonds. The van der Waals surface area contributed by atoms with Crippen molar-refractivity contribution in [1.29, 1.82) is 0 Å². The lowest BCUT2D eigenvalue weighted by molar-refractivity contribution is -0.121. The molecule has 0 N–H and O–H groups in total. The van der Waals surface area contributed by atoms with Gasteiger partial charge in [0, 0.05) is 30.5 Å². The Labute approximate surface area is 206 Å². The van der Waals surface area contributed by atoms with Gasteiger partial charge in [0.25, 0.3) is 0 Å². The molecule has 5 rings (SSSR count). The molecule has 1 atom stereocenters. The molecule has 4 aromatic rings. The van der Waals surface area contributed by atoms with E-state index < -0.39 is 16.1 Å². The Morgan fingerprint density at radius 3 is 2.68 bits per heavy atom. The van der Waals surface area contributed by atoms with E-state index in [0.29, 0.717) is 36.1 Å². The number of para-hydroxylation sites is 1. The van der Waals surface area contributed by atoms with Gasteiger partial charge < -0.3 is 0 Å². The first-order valence-electron chi connectivity index (χ1n) is 10.9. The molecule has 2 aromatic heterocycles. The van der Waals surface area contributed by atoms with Crippen molar-refractivity contribution in [3.05, 3.63) is 72.0 Å². The maximum atomic E-state index is 13.9. The highest BCUT2D eigenvalue weighted by Crippen LogP contribution is 2.32. The first kappa shape index (κ1) is 23.0. The standard InChI is InChI=1S/C23H22ClN5O3S2/c24-17-8-10-18(11-9-17)34(31,32)29-14-3-6-20(29)22(30)28(16-15-27-13-4-12-25-27)23-26-19-5-1-2-7-21(19)33-23/h1-2,4-5,7-13,20H,3,6,14-16H2. The van der Waals surface area contributed by atoms with Crippen LogP contribution in [0.3, 0.4) is 0 Å². The second-order valence-electron chi connectivity index (χ2n) is 7.95. The van der Waals surface area contributed by atoms with Gasteiger partial charge in [0.05, 0.1) is 21.7 Å². The highest BCUT2D eigenvalue weighted by Gasteiger charge is 2.42. The first-order chi connectivity index (χ1) is 16.4. The molecule has 0 radical (unpaired) electrons. The number of sulfonamides is 1. The summed E-state index contributed by atoms with van der Waals surface area (Å²) in [6, 6.07) is 14.7. The van der Waals surface area contributed by atoms with Crippen LogP contribution in [0.5, 0.6) is 0 Å². The molecule has 34 heavy (non-hydrogen) atoms. The third-order valence-corrected chi connectivity index (χ3v) is 9.03. The van der Waals surface area contributed by atoms with Crippen LogP contribution in [-0.4, -0.2) is 52.5 Å². The lowest BCUT2D eigenvalue weighted by atomic mass is 10.2. The number of fused-ring (bicyclic) bond motifs is 1. The molecule has 2 aromatic carbocycles. The number of aromatic nitrogens is 3. The summed E-state index contributed by atoms with van der Waals surface area (Å²) in [5.41, 5.74) is 0.802. The third-order valence-electron chi connectivity index (χ3n) is 5.80. The number of hydrogen-bond acceptors (Lipinski definition) is 6. The van der Waals surface area contributed by atoms with Crippen molar-refractivity contribution >= 4 is 54.2 Å². The topological polar surface area (TPSA) is 88.4 Å². The molecule has 176 valence electrons. The van der Waals surface area contributed by atoms with E-state index in [9.17, 15) is 13.2 Å². The molecule has 0 aliphatic carbocycles. The van der Waals surface area contributed by atoms with Crippen molar-refractivity contribution in [1.82, 2.24) is 19.1 Å². The van der Waals surface area contributed by atoms with Crippen LogP contribution in [-0.2, 0) is 21.4 Å². The number of carbonyl (C=O) groups excluding carboxylic acids is 1. The van der Waals surface area contributed by atoms with Crippen LogP contribution in [0.15, 0.2) is 71.9 Å². The van der Waals surface area contributed by atoms with Gasteiger partial charge in [-0.2, -0.15) is 9.40 Å². The highest BCUT2D eigenvalue weighted by molar-refractivity contribution is 7.89. The van der Waals surface area contributed by atoms with Gasteiger partial charge in [0.2, 0.25) is 15.9 Å². The number of thiazole rings is 1. The van der Waals surface area contributed by atoms with E-state index in [1.54, 1.807) is 27.9 Å². The zero-order chi connectivity index (χ0) is 23.7. The first-order valence-corrected chi connectivity index (χ1v) is 13.5. The highest BCUT2D eigenvalue weighted by atomic mass is 35.5. The Balaban J connectivity index is 1.47. The average molecular weight is 516 g/mol. The fourth-order valence-electron chi connectivity index (χ4n) is 4.11. The van der Waals surface area contributed by atoms with E-state index in [-0.39, 0.29) is 17.3 Å². The SMILES string of the molecule is O=C(C1CCCN1S(=O)(=O)c1ccc(Cl)cc1)N(CCn1cccn1)c1nc2ccccc2s1. The summed E-state index contributed by atoms with van der Waals surface area (Å²) in [7, 11) is -3.86. The quantitative estimate of drug-likeness (QED) is 0.371. The van der Waals surface area contributed by atoms with Crippen molar-refractivity contribution in [2.45, 2.75) is 30.3 Å².